The van der Waals surface area contributed by atoms with Gasteiger partial charge in [-0.15, -0.1) is 0 Å². The number of ether oxygens (including phenoxy) is 2. The molecular formula is C23H29NO3. The van der Waals surface area contributed by atoms with E-state index in [1.54, 1.807) is 0 Å². The van der Waals surface area contributed by atoms with E-state index in [1.165, 1.54) is 16.7 Å². The number of rotatable bonds is 7. The van der Waals surface area contributed by atoms with Crippen LogP contribution < -0.4 is 4.74 Å². The number of aliphatic hydroxyl groups is 1. The molecule has 1 atom stereocenters. The third kappa shape index (κ3) is 5.10. The highest BCUT2D eigenvalue weighted by molar-refractivity contribution is 5.78. The van der Waals surface area contributed by atoms with E-state index in [2.05, 4.69) is 37.0 Å². The van der Waals surface area contributed by atoms with Gasteiger partial charge in [0.1, 0.15) is 19.0 Å². The van der Waals surface area contributed by atoms with Crippen molar-refractivity contribution in [3.8, 4) is 5.75 Å². The van der Waals surface area contributed by atoms with Crippen LogP contribution in [0.3, 0.4) is 0 Å². The summed E-state index contributed by atoms with van der Waals surface area (Å²) in [7, 11) is 0. The largest absolute Gasteiger partial charge is 0.489 e. The molecule has 2 aromatic carbocycles. The summed E-state index contributed by atoms with van der Waals surface area (Å²) in [6, 6.07) is 14.0. The van der Waals surface area contributed by atoms with E-state index < -0.39 is 6.10 Å². The fraction of sp³-hybridized carbons (Fsp3) is 0.435. The number of aliphatic hydroxyl groups excluding tert-OH is 1. The Morgan fingerprint density at radius 1 is 1.15 bits per heavy atom. The fourth-order valence-electron chi connectivity index (χ4n) is 3.26. The van der Waals surface area contributed by atoms with E-state index in [4.69, 9.17) is 9.47 Å². The summed E-state index contributed by atoms with van der Waals surface area (Å²) in [5.74, 6) is 1.51. The molecule has 3 rings (SSSR count). The minimum absolute atomic E-state index is 0.151. The van der Waals surface area contributed by atoms with Crippen LogP contribution in [0.2, 0.25) is 0 Å². The Balaban J connectivity index is 1.60. The van der Waals surface area contributed by atoms with Crippen LogP contribution in [-0.2, 0) is 11.3 Å². The number of hydrogen-bond donors (Lipinski definition) is 1. The number of aryl methyl sites for hydroxylation is 2. The third-order valence-electron chi connectivity index (χ3n) is 4.92. The van der Waals surface area contributed by atoms with Gasteiger partial charge in [-0.2, -0.15) is 0 Å². The molecule has 4 heteroatoms. The van der Waals surface area contributed by atoms with Crippen LogP contribution in [0.1, 0.15) is 55.0 Å². The predicted octanol–water partition coefficient (Wildman–Crippen LogP) is 4.90. The Morgan fingerprint density at radius 3 is 2.52 bits per heavy atom. The highest BCUT2D eigenvalue weighted by atomic mass is 16.5. The first-order chi connectivity index (χ1) is 12.8. The Morgan fingerprint density at radius 2 is 1.85 bits per heavy atom. The molecule has 1 unspecified atom stereocenters. The quantitative estimate of drug-likeness (QED) is 0.757. The zero-order chi connectivity index (χ0) is 19.4. The van der Waals surface area contributed by atoms with Gasteiger partial charge in [-0.1, -0.05) is 30.3 Å². The number of nitrogens with zero attached hydrogens (tertiary/aromatic N) is 1. The lowest BCUT2D eigenvalue weighted by Crippen LogP contribution is -2.17. The number of hydrogen-bond acceptors (Lipinski definition) is 4. The molecule has 1 heterocycles. The molecule has 1 N–H and O–H groups in total. The molecule has 1 aliphatic heterocycles. The van der Waals surface area contributed by atoms with Crippen LogP contribution in [0.4, 0.5) is 0 Å². The van der Waals surface area contributed by atoms with Crippen LogP contribution in [0.15, 0.2) is 47.5 Å². The van der Waals surface area contributed by atoms with Gasteiger partial charge in [-0.05, 0) is 68.5 Å². The molecule has 2 aromatic rings. The van der Waals surface area contributed by atoms with Crippen molar-refractivity contribution in [1.29, 1.82) is 0 Å². The average Bonchev–Trinajstić information content (AvgIpc) is 2.98. The van der Waals surface area contributed by atoms with Crippen molar-refractivity contribution in [3.63, 3.8) is 0 Å². The normalized spacial score (nSPS) is 16.6. The maximum atomic E-state index is 10.5. The number of benzene rings is 2. The molecule has 0 saturated carbocycles. The SMILES string of the molecule is Cc1cccc(C)c1COc1cccc(C(O)CCC2=NC(C)(C)CO2)c1. The molecule has 0 fully saturated rings. The van der Waals surface area contributed by atoms with Gasteiger partial charge >= 0.3 is 0 Å². The minimum atomic E-state index is -0.566. The van der Waals surface area contributed by atoms with Gasteiger partial charge in [0.2, 0.25) is 0 Å². The molecule has 0 radical (unpaired) electrons. The molecule has 0 aromatic heterocycles. The van der Waals surface area contributed by atoms with Crippen LogP contribution >= 0.6 is 0 Å². The molecule has 27 heavy (non-hydrogen) atoms. The van der Waals surface area contributed by atoms with E-state index in [0.29, 0.717) is 26.1 Å². The first-order valence-electron chi connectivity index (χ1n) is 9.51. The summed E-state index contributed by atoms with van der Waals surface area (Å²) >= 11 is 0. The smallest absolute Gasteiger partial charge is 0.184 e. The molecule has 4 nitrogen and oxygen atoms in total. The highest BCUT2D eigenvalue weighted by Gasteiger charge is 2.26. The zero-order valence-electron chi connectivity index (χ0n) is 16.7. The standard InChI is InChI=1S/C23H29NO3/c1-16-7-5-8-17(2)20(16)14-26-19-10-6-9-18(13-19)21(25)11-12-22-24-23(3,4)15-27-22/h5-10,13,21,25H,11-12,14-15H2,1-4H3. The predicted molar refractivity (Wildman–Crippen MR) is 108 cm³/mol. The van der Waals surface area contributed by atoms with E-state index in [0.717, 1.165) is 17.2 Å². The Hall–Kier alpha value is -2.33. The molecule has 0 aliphatic carbocycles. The van der Waals surface area contributed by atoms with Gasteiger partial charge in [0.25, 0.3) is 0 Å². The second-order valence-electron chi connectivity index (χ2n) is 7.89. The molecule has 0 saturated heterocycles. The van der Waals surface area contributed by atoms with Gasteiger partial charge < -0.3 is 14.6 Å². The van der Waals surface area contributed by atoms with Crippen molar-refractivity contribution in [1.82, 2.24) is 0 Å². The summed E-state index contributed by atoms with van der Waals surface area (Å²) < 4.78 is 11.6. The monoisotopic (exact) mass is 367 g/mol. The summed E-state index contributed by atoms with van der Waals surface area (Å²) in [6.45, 7) is 9.43. The average molecular weight is 367 g/mol. The van der Waals surface area contributed by atoms with Crippen molar-refractivity contribution in [2.24, 2.45) is 4.99 Å². The lowest BCUT2D eigenvalue weighted by molar-refractivity contribution is 0.166. The van der Waals surface area contributed by atoms with Gasteiger partial charge in [0.05, 0.1) is 11.6 Å². The van der Waals surface area contributed by atoms with E-state index >= 15 is 0 Å². The Kier molecular flexibility index (Phi) is 5.85. The fourth-order valence-corrected chi connectivity index (χ4v) is 3.26. The van der Waals surface area contributed by atoms with Gasteiger partial charge in [-0.3, -0.25) is 0 Å². The summed E-state index contributed by atoms with van der Waals surface area (Å²) in [6.07, 6.45) is 0.650. The van der Waals surface area contributed by atoms with Crippen molar-refractivity contribution >= 4 is 5.90 Å². The topological polar surface area (TPSA) is 51.0 Å². The Labute approximate surface area is 161 Å². The summed E-state index contributed by atoms with van der Waals surface area (Å²) in [5, 5.41) is 10.5. The van der Waals surface area contributed by atoms with Crippen molar-refractivity contribution in [2.75, 3.05) is 6.61 Å². The van der Waals surface area contributed by atoms with Gasteiger partial charge in [0.15, 0.2) is 5.90 Å². The molecule has 1 aliphatic rings. The van der Waals surface area contributed by atoms with E-state index in [-0.39, 0.29) is 5.54 Å². The first-order valence-corrected chi connectivity index (χ1v) is 9.51. The zero-order valence-corrected chi connectivity index (χ0v) is 16.7. The molecule has 0 bridgehead atoms. The Bertz CT molecular complexity index is 806. The van der Waals surface area contributed by atoms with Crippen molar-refractivity contribution in [3.05, 3.63) is 64.7 Å². The van der Waals surface area contributed by atoms with Crippen molar-refractivity contribution in [2.45, 2.75) is 58.8 Å². The second kappa shape index (κ2) is 8.13. The maximum Gasteiger partial charge on any atom is 0.184 e. The lowest BCUT2D eigenvalue weighted by Gasteiger charge is -2.14. The maximum absolute atomic E-state index is 10.5. The van der Waals surface area contributed by atoms with E-state index in [1.807, 2.05) is 38.1 Å². The van der Waals surface area contributed by atoms with Gasteiger partial charge in [0, 0.05) is 6.42 Å². The molecule has 144 valence electrons. The molecule has 0 amide bonds. The number of aliphatic imine (C=N–C) groups is 1. The van der Waals surface area contributed by atoms with Crippen LogP contribution in [0.25, 0.3) is 0 Å². The van der Waals surface area contributed by atoms with Crippen LogP contribution in [0.5, 0.6) is 5.75 Å². The molecule has 0 spiro atoms. The summed E-state index contributed by atoms with van der Waals surface area (Å²) in [4.78, 5) is 4.54. The van der Waals surface area contributed by atoms with Gasteiger partial charge in [-0.25, -0.2) is 4.99 Å². The highest BCUT2D eigenvalue weighted by Crippen LogP contribution is 2.26. The minimum Gasteiger partial charge on any atom is -0.489 e. The first kappa shape index (κ1) is 19.4. The summed E-state index contributed by atoms with van der Waals surface area (Å²) in [5.41, 5.74) is 4.37. The lowest BCUT2D eigenvalue weighted by atomic mass is 10.0. The van der Waals surface area contributed by atoms with E-state index in [9.17, 15) is 5.11 Å². The second-order valence-corrected chi connectivity index (χ2v) is 7.89. The van der Waals surface area contributed by atoms with Crippen LogP contribution in [-0.4, -0.2) is 23.2 Å². The third-order valence-corrected chi connectivity index (χ3v) is 4.92. The van der Waals surface area contributed by atoms with Crippen LogP contribution in [0, 0.1) is 13.8 Å². The molecular weight excluding hydrogens is 338 g/mol. The van der Waals surface area contributed by atoms with Crippen molar-refractivity contribution < 1.29 is 14.6 Å².